The third-order valence-electron chi connectivity index (χ3n) is 1.96. The molecule has 1 aromatic carbocycles. The summed E-state index contributed by atoms with van der Waals surface area (Å²) in [7, 11) is 3.82. The second-order valence-electron chi connectivity index (χ2n) is 3.50. The summed E-state index contributed by atoms with van der Waals surface area (Å²) >= 11 is 1.92. The van der Waals surface area contributed by atoms with Gasteiger partial charge >= 0.3 is 0 Å². The maximum absolute atomic E-state index is 13.7. The number of nitrogens with zero attached hydrogens (tertiary/aromatic N) is 2. The average Bonchev–Trinajstić information content (AvgIpc) is 2.22. The molecular formula is C11H12FIN2O. The highest BCUT2D eigenvalue weighted by molar-refractivity contribution is 14.1. The predicted molar refractivity (Wildman–Crippen MR) is 67.9 cm³/mol. The van der Waals surface area contributed by atoms with Gasteiger partial charge in [-0.2, -0.15) is 5.26 Å². The Bertz CT molecular complexity index is 415. The molecule has 0 saturated heterocycles. The zero-order valence-corrected chi connectivity index (χ0v) is 11.3. The van der Waals surface area contributed by atoms with Crippen molar-refractivity contribution in [2.75, 3.05) is 27.2 Å². The van der Waals surface area contributed by atoms with Crippen molar-refractivity contribution in [2.45, 2.75) is 0 Å². The number of ether oxygens (including phenoxy) is 1. The molecule has 0 unspecified atom stereocenters. The maximum atomic E-state index is 13.7. The summed E-state index contributed by atoms with van der Waals surface area (Å²) in [4.78, 5) is 1.94. The zero-order valence-electron chi connectivity index (χ0n) is 9.13. The van der Waals surface area contributed by atoms with E-state index in [9.17, 15) is 4.39 Å². The summed E-state index contributed by atoms with van der Waals surface area (Å²) in [6.45, 7) is 1.10. The Morgan fingerprint density at radius 2 is 2.19 bits per heavy atom. The highest BCUT2D eigenvalue weighted by Gasteiger charge is 2.12. The quantitative estimate of drug-likeness (QED) is 0.793. The molecule has 0 aliphatic rings. The fourth-order valence-electron chi connectivity index (χ4n) is 1.09. The molecule has 1 aromatic rings. The monoisotopic (exact) mass is 334 g/mol. The van der Waals surface area contributed by atoms with Gasteiger partial charge in [0.2, 0.25) is 0 Å². The molecule has 0 aromatic heterocycles. The van der Waals surface area contributed by atoms with E-state index in [0.29, 0.717) is 16.7 Å². The molecule has 86 valence electrons. The Balaban J connectivity index is 2.79. The lowest BCUT2D eigenvalue weighted by atomic mass is 10.2. The van der Waals surface area contributed by atoms with E-state index in [1.165, 1.54) is 0 Å². The topological polar surface area (TPSA) is 36.3 Å². The largest absolute Gasteiger partial charge is 0.489 e. The molecule has 3 nitrogen and oxygen atoms in total. The van der Waals surface area contributed by atoms with Crippen molar-refractivity contribution in [2.24, 2.45) is 0 Å². The Labute approximate surface area is 108 Å². The van der Waals surface area contributed by atoms with E-state index in [1.807, 2.05) is 47.7 Å². The van der Waals surface area contributed by atoms with E-state index in [-0.39, 0.29) is 11.3 Å². The Morgan fingerprint density at radius 1 is 1.50 bits per heavy atom. The van der Waals surface area contributed by atoms with Crippen LogP contribution in [0.5, 0.6) is 5.75 Å². The third-order valence-corrected chi connectivity index (χ3v) is 2.86. The summed E-state index contributed by atoms with van der Waals surface area (Å²) < 4.78 is 19.6. The molecule has 0 aliphatic carbocycles. The van der Waals surface area contributed by atoms with Gasteiger partial charge in [-0.1, -0.05) is 0 Å². The molecule has 0 radical (unpaired) electrons. The molecule has 1 rings (SSSR count). The fraction of sp³-hybridized carbons (Fsp3) is 0.364. The van der Waals surface area contributed by atoms with Crippen LogP contribution in [0.3, 0.4) is 0 Å². The molecule has 0 bridgehead atoms. The molecule has 0 atom stereocenters. The van der Waals surface area contributed by atoms with E-state index < -0.39 is 5.82 Å². The molecule has 16 heavy (non-hydrogen) atoms. The maximum Gasteiger partial charge on any atom is 0.183 e. The van der Waals surface area contributed by atoms with Crippen LogP contribution in [-0.4, -0.2) is 32.1 Å². The Hall–Kier alpha value is -0.870. The first-order valence-electron chi connectivity index (χ1n) is 4.72. The molecule has 0 amide bonds. The van der Waals surface area contributed by atoms with Crippen molar-refractivity contribution < 1.29 is 9.13 Å². The van der Waals surface area contributed by atoms with Gasteiger partial charge in [-0.3, -0.25) is 0 Å². The minimum absolute atomic E-state index is 0.0444. The molecule has 0 aliphatic heterocycles. The standard InChI is InChI=1S/C11H12FIN2O/c1-15(2)5-6-16-10-4-3-9(13)8(7-14)11(10)12/h3-4H,5-6H2,1-2H3. The lowest BCUT2D eigenvalue weighted by Gasteiger charge is -2.12. The van der Waals surface area contributed by atoms with Crippen LogP contribution in [0.25, 0.3) is 0 Å². The summed E-state index contributed by atoms with van der Waals surface area (Å²) in [6, 6.07) is 5.05. The van der Waals surface area contributed by atoms with Gasteiger partial charge in [0, 0.05) is 10.1 Å². The SMILES string of the molecule is CN(C)CCOc1ccc(I)c(C#N)c1F. The highest BCUT2D eigenvalue weighted by atomic mass is 127. The van der Waals surface area contributed by atoms with Crippen molar-refractivity contribution in [3.63, 3.8) is 0 Å². The number of halogens is 2. The van der Waals surface area contributed by atoms with Crippen molar-refractivity contribution >= 4 is 22.6 Å². The molecule has 5 heteroatoms. The zero-order chi connectivity index (χ0) is 12.1. The second-order valence-corrected chi connectivity index (χ2v) is 4.66. The minimum atomic E-state index is -0.576. The lowest BCUT2D eigenvalue weighted by Crippen LogP contribution is -2.19. The van der Waals surface area contributed by atoms with Crippen LogP contribution in [-0.2, 0) is 0 Å². The van der Waals surface area contributed by atoms with Crippen LogP contribution < -0.4 is 4.74 Å². The van der Waals surface area contributed by atoms with Crippen LogP contribution in [0.4, 0.5) is 4.39 Å². The molecular weight excluding hydrogens is 322 g/mol. The van der Waals surface area contributed by atoms with Crippen molar-refractivity contribution in [1.82, 2.24) is 4.90 Å². The Morgan fingerprint density at radius 3 is 2.75 bits per heavy atom. The van der Waals surface area contributed by atoms with Crippen molar-refractivity contribution in [1.29, 1.82) is 5.26 Å². The third kappa shape index (κ3) is 3.32. The number of nitriles is 1. The van der Waals surface area contributed by atoms with Crippen LogP contribution >= 0.6 is 22.6 Å². The van der Waals surface area contributed by atoms with Gasteiger partial charge in [0.1, 0.15) is 18.2 Å². The van der Waals surface area contributed by atoms with Crippen LogP contribution in [0.15, 0.2) is 12.1 Å². The first-order chi connectivity index (χ1) is 7.56. The second kappa shape index (κ2) is 6.01. The first-order valence-corrected chi connectivity index (χ1v) is 5.79. The van der Waals surface area contributed by atoms with Gasteiger partial charge in [-0.25, -0.2) is 4.39 Å². The molecule has 0 fully saturated rings. The summed E-state index contributed by atoms with van der Waals surface area (Å²) in [6.07, 6.45) is 0. The molecule has 0 heterocycles. The molecule has 0 N–H and O–H groups in total. The normalized spacial score (nSPS) is 10.2. The summed E-state index contributed by atoms with van der Waals surface area (Å²) in [5.41, 5.74) is 0.0444. The lowest BCUT2D eigenvalue weighted by molar-refractivity contribution is 0.252. The van der Waals surface area contributed by atoms with E-state index in [1.54, 1.807) is 12.1 Å². The summed E-state index contributed by atoms with van der Waals surface area (Å²) in [5, 5.41) is 8.78. The summed E-state index contributed by atoms with van der Waals surface area (Å²) in [5.74, 6) is -0.438. The number of hydrogen-bond donors (Lipinski definition) is 0. The molecule has 0 saturated carbocycles. The van der Waals surface area contributed by atoms with Gasteiger partial charge < -0.3 is 9.64 Å². The number of hydrogen-bond acceptors (Lipinski definition) is 3. The average molecular weight is 334 g/mol. The highest BCUT2D eigenvalue weighted by Crippen LogP contribution is 2.24. The van der Waals surface area contributed by atoms with Crippen molar-refractivity contribution in [3.05, 3.63) is 27.1 Å². The van der Waals surface area contributed by atoms with E-state index >= 15 is 0 Å². The number of rotatable bonds is 4. The number of benzene rings is 1. The molecule has 0 spiro atoms. The van der Waals surface area contributed by atoms with Crippen LogP contribution in [0.1, 0.15) is 5.56 Å². The number of likely N-dealkylation sites (N-methyl/N-ethyl adjacent to an activating group) is 1. The van der Waals surface area contributed by atoms with Gasteiger partial charge in [0.25, 0.3) is 0 Å². The fourth-order valence-corrected chi connectivity index (χ4v) is 1.62. The smallest absolute Gasteiger partial charge is 0.183 e. The van der Waals surface area contributed by atoms with E-state index in [4.69, 9.17) is 10.00 Å². The van der Waals surface area contributed by atoms with Crippen LogP contribution in [0, 0.1) is 20.7 Å². The minimum Gasteiger partial charge on any atom is -0.489 e. The van der Waals surface area contributed by atoms with E-state index in [0.717, 1.165) is 0 Å². The van der Waals surface area contributed by atoms with Crippen LogP contribution in [0.2, 0.25) is 0 Å². The van der Waals surface area contributed by atoms with Gasteiger partial charge in [0.05, 0.1) is 0 Å². The van der Waals surface area contributed by atoms with Crippen molar-refractivity contribution in [3.8, 4) is 11.8 Å². The predicted octanol–water partition coefficient (Wildman–Crippen LogP) is 2.24. The first kappa shape index (κ1) is 13.2. The Kier molecular flexibility index (Phi) is 4.96. The van der Waals surface area contributed by atoms with Gasteiger partial charge in [-0.15, -0.1) is 0 Å². The van der Waals surface area contributed by atoms with E-state index in [2.05, 4.69) is 0 Å². The van der Waals surface area contributed by atoms with Gasteiger partial charge in [0.15, 0.2) is 11.6 Å². The van der Waals surface area contributed by atoms with Gasteiger partial charge in [-0.05, 0) is 48.8 Å².